The second-order valence-corrected chi connectivity index (χ2v) is 9.10. The number of benzene rings is 1. The highest BCUT2D eigenvalue weighted by Crippen LogP contribution is 2.34. The van der Waals surface area contributed by atoms with Crippen molar-refractivity contribution in [2.24, 2.45) is 0 Å². The van der Waals surface area contributed by atoms with E-state index in [9.17, 15) is 9.59 Å². The summed E-state index contributed by atoms with van der Waals surface area (Å²) in [5, 5.41) is 3.30. The predicted octanol–water partition coefficient (Wildman–Crippen LogP) is 4.49. The lowest BCUT2D eigenvalue weighted by molar-refractivity contribution is -0.134. The van der Waals surface area contributed by atoms with Crippen molar-refractivity contribution < 1.29 is 14.0 Å². The van der Waals surface area contributed by atoms with E-state index in [-0.39, 0.29) is 17.9 Å². The zero-order valence-electron chi connectivity index (χ0n) is 18.0. The monoisotopic (exact) mass is 419 g/mol. The molecule has 2 aliphatic rings. The van der Waals surface area contributed by atoms with Crippen LogP contribution in [-0.2, 0) is 17.9 Å². The van der Waals surface area contributed by atoms with Crippen LogP contribution in [0.4, 0.5) is 0 Å². The van der Waals surface area contributed by atoms with E-state index in [1.54, 1.807) is 17.2 Å². The van der Waals surface area contributed by atoms with Crippen molar-refractivity contribution in [2.75, 3.05) is 0 Å². The zero-order valence-corrected chi connectivity index (χ0v) is 18.0. The Morgan fingerprint density at radius 2 is 1.87 bits per heavy atom. The van der Waals surface area contributed by atoms with Gasteiger partial charge in [-0.05, 0) is 25.3 Å². The maximum atomic E-state index is 13.7. The normalized spacial score (nSPS) is 22.4. The number of fused-ring (bicyclic) bond motifs is 3. The van der Waals surface area contributed by atoms with E-state index < -0.39 is 5.54 Å². The molecule has 1 unspecified atom stereocenters. The number of carbonyl (C=O) groups excluding carboxylic acids is 2. The number of carbonyl (C=O) groups is 2. The van der Waals surface area contributed by atoms with Gasteiger partial charge in [-0.25, -0.2) is 0 Å². The maximum Gasteiger partial charge on any atom is 0.271 e. The van der Waals surface area contributed by atoms with E-state index in [2.05, 4.69) is 5.32 Å². The standard InChI is InChI=1S/C25H29N3O3/c1-25(24(30)26-19-11-7-2-3-8-12-19)17-27-20-13-14-31-22(20)15-21(27)23(29)28(25)16-18-9-5-4-6-10-18/h4-6,9-10,13-15,19H,2-3,7-8,11-12,16-17H2,1H3,(H,26,30). The van der Waals surface area contributed by atoms with Crippen LogP contribution < -0.4 is 5.32 Å². The molecular weight excluding hydrogens is 390 g/mol. The van der Waals surface area contributed by atoms with Crippen LogP contribution in [-0.4, -0.2) is 32.9 Å². The van der Waals surface area contributed by atoms with Crippen LogP contribution in [0, 0.1) is 0 Å². The second kappa shape index (κ2) is 7.91. The minimum atomic E-state index is -0.991. The minimum Gasteiger partial charge on any atom is -0.463 e. The average Bonchev–Trinajstić information content (AvgIpc) is 3.26. The Labute approximate surface area is 182 Å². The Bertz CT molecular complexity index is 1090. The first kappa shape index (κ1) is 19.9. The second-order valence-electron chi connectivity index (χ2n) is 9.10. The molecule has 1 fully saturated rings. The lowest BCUT2D eigenvalue weighted by atomic mass is 9.93. The van der Waals surface area contributed by atoms with Crippen LogP contribution in [0.25, 0.3) is 11.1 Å². The fourth-order valence-corrected chi connectivity index (χ4v) is 5.05. The third kappa shape index (κ3) is 3.54. The molecule has 6 nitrogen and oxygen atoms in total. The molecule has 1 N–H and O–H groups in total. The molecule has 0 spiro atoms. The molecule has 1 saturated carbocycles. The van der Waals surface area contributed by atoms with Crippen molar-refractivity contribution in [2.45, 2.75) is 70.1 Å². The van der Waals surface area contributed by atoms with Crippen LogP contribution in [0.3, 0.4) is 0 Å². The van der Waals surface area contributed by atoms with Gasteiger partial charge in [0.25, 0.3) is 5.91 Å². The molecule has 1 aliphatic carbocycles. The van der Waals surface area contributed by atoms with Gasteiger partial charge in [0.1, 0.15) is 11.2 Å². The first-order chi connectivity index (χ1) is 15.1. The summed E-state index contributed by atoms with van der Waals surface area (Å²) in [6, 6.07) is 13.7. The maximum absolute atomic E-state index is 13.7. The highest BCUT2D eigenvalue weighted by atomic mass is 16.3. The van der Waals surface area contributed by atoms with Gasteiger partial charge < -0.3 is 19.2 Å². The summed E-state index contributed by atoms with van der Waals surface area (Å²) in [5.74, 6) is -0.209. The molecule has 31 heavy (non-hydrogen) atoms. The molecule has 1 aromatic carbocycles. The van der Waals surface area contributed by atoms with Crippen molar-refractivity contribution in [1.82, 2.24) is 14.8 Å². The van der Waals surface area contributed by atoms with Gasteiger partial charge in [0, 0.05) is 24.7 Å². The van der Waals surface area contributed by atoms with Crippen LogP contribution >= 0.6 is 0 Å². The Kier molecular flexibility index (Phi) is 5.08. The van der Waals surface area contributed by atoms with Crippen molar-refractivity contribution in [3.63, 3.8) is 0 Å². The summed E-state index contributed by atoms with van der Waals surface area (Å²) in [7, 11) is 0. The van der Waals surface area contributed by atoms with Crippen LogP contribution in [0.15, 0.2) is 53.1 Å². The largest absolute Gasteiger partial charge is 0.463 e. The molecule has 2 amide bonds. The Morgan fingerprint density at radius 3 is 2.61 bits per heavy atom. The fourth-order valence-electron chi connectivity index (χ4n) is 5.05. The number of nitrogens with zero attached hydrogens (tertiary/aromatic N) is 2. The van der Waals surface area contributed by atoms with Crippen molar-refractivity contribution >= 4 is 22.9 Å². The number of furan rings is 1. The Balaban J connectivity index is 1.51. The topological polar surface area (TPSA) is 67.5 Å². The third-order valence-electron chi connectivity index (χ3n) is 6.91. The van der Waals surface area contributed by atoms with E-state index in [1.807, 2.05) is 47.9 Å². The Morgan fingerprint density at radius 1 is 1.13 bits per heavy atom. The molecule has 1 atom stereocenters. The molecular formula is C25H29N3O3. The number of hydrogen-bond donors (Lipinski definition) is 1. The van der Waals surface area contributed by atoms with Gasteiger partial charge in [0.05, 0.1) is 18.3 Å². The fraction of sp³-hybridized carbons (Fsp3) is 0.440. The summed E-state index contributed by atoms with van der Waals surface area (Å²) >= 11 is 0. The molecule has 162 valence electrons. The quantitative estimate of drug-likeness (QED) is 0.634. The lowest BCUT2D eigenvalue weighted by Gasteiger charge is -2.44. The molecule has 3 aromatic rings. The van der Waals surface area contributed by atoms with E-state index in [4.69, 9.17) is 4.42 Å². The number of nitrogens with one attached hydrogen (secondary N) is 1. The van der Waals surface area contributed by atoms with Gasteiger partial charge in [-0.15, -0.1) is 0 Å². The third-order valence-corrected chi connectivity index (χ3v) is 6.91. The number of aromatic nitrogens is 1. The minimum absolute atomic E-state index is 0.0697. The predicted molar refractivity (Wildman–Crippen MR) is 119 cm³/mol. The van der Waals surface area contributed by atoms with Crippen LogP contribution in [0.5, 0.6) is 0 Å². The van der Waals surface area contributed by atoms with Gasteiger partial charge in [0.15, 0.2) is 5.58 Å². The summed E-state index contributed by atoms with van der Waals surface area (Å²) in [4.78, 5) is 29.1. The number of amides is 2. The summed E-state index contributed by atoms with van der Waals surface area (Å²) in [6.07, 6.45) is 8.39. The van der Waals surface area contributed by atoms with Crippen molar-refractivity contribution in [1.29, 1.82) is 0 Å². The van der Waals surface area contributed by atoms with E-state index >= 15 is 0 Å². The van der Waals surface area contributed by atoms with Gasteiger partial charge in [-0.2, -0.15) is 0 Å². The summed E-state index contributed by atoms with van der Waals surface area (Å²) in [5.41, 5.74) is 2.13. The Hall–Kier alpha value is -3.02. The van der Waals surface area contributed by atoms with Crippen molar-refractivity contribution in [3.05, 3.63) is 60.0 Å². The van der Waals surface area contributed by atoms with E-state index in [1.165, 1.54) is 12.8 Å². The lowest BCUT2D eigenvalue weighted by Crippen LogP contribution is -2.64. The first-order valence-electron chi connectivity index (χ1n) is 11.3. The van der Waals surface area contributed by atoms with E-state index in [0.29, 0.717) is 24.4 Å². The van der Waals surface area contributed by atoms with Crippen molar-refractivity contribution in [3.8, 4) is 0 Å². The molecule has 6 heteroatoms. The zero-order chi connectivity index (χ0) is 21.4. The van der Waals surface area contributed by atoms with E-state index in [0.717, 1.165) is 36.8 Å². The number of hydrogen-bond acceptors (Lipinski definition) is 3. The average molecular weight is 420 g/mol. The molecule has 3 heterocycles. The van der Waals surface area contributed by atoms with Crippen LogP contribution in [0.2, 0.25) is 0 Å². The van der Waals surface area contributed by atoms with Gasteiger partial charge in [0.2, 0.25) is 5.91 Å². The number of rotatable bonds is 4. The molecule has 0 radical (unpaired) electrons. The first-order valence-corrected chi connectivity index (χ1v) is 11.3. The molecule has 2 aromatic heterocycles. The molecule has 1 aliphatic heterocycles. The SMILES string of the molecule is CC1(C(=O)NC2CCCCCC2)Cn2c(cc3occc32)C(=O)N1Cc1ccccc1. The highest BCUT2D eigenvalue weighted by molar-refractivity contribution is 6.02. The van der Waals surface area contributed by atoms with Gasteiger partial charge >= 0.3 is 0 Å². The molecule has 0 saturated heterocycles. The summed E-state index contributed by atoms with van der Waals surface area (Å²) < 4.78 is 7.48. The van der Waals surface area contributed by atoms with Gasteiger partial charge in [-0.3, -0.25) is 9.59 Å². The smallest absolute Gasteiger partial charge is 0.271 e. The molecule has 0 bridgehead atoms. The van der Waals surface area contributed by atoms with Crippen LogP contribution in [0.1, 0.15) is 61.5 Å². The van der Waals surface area contributed by atoms with Gasteiger partial charge in [-0.1, -0.05) is 56.0 Å². The summed E-state index contributed by atoms with van der Waals surface area (Å²) in [6.45, 7) is 2.69. The molecule has 5 rings (SSSR count). The highest BCUT2D eigenvalue weighted by Gasteiger charge is 2.48.